The van der Waals surface area contributed by atoms with E-state index < -0.39 is 0 Å². The van der Waals surface area contributed by atoms with E-state index in [1.807, 2.05) is 12.1 Å². The molecule has 0 radical (unpaired) electrons. The molecule has 0 N–H and O–H groups in total. The monoisotopic (exact) mass is 536 g/mol. The Balaban J connectivity index is 1.25. The van der Waals surface area contributed by atoms with Crippen LogP contribution in [0.4, 0.5) is 0 Å². The first-order chi connectivity index (χ1) is 19.7. The van der Waals surface area contributed by atoms with Crippen molar-refractivity contribution in [2.75, 3.05) is 19.8 Å². The SMILES string of the molecule is CCCCCCCOc1ccc2oc3cc4c(cc3c2c1)oc1cc2ccc(CCCCOCCC)cc2cc14. The first-order valence-electron chi connectivity index (χ1n) is 15.2. The molecule has 2 aromatic heterocycles. The molecule has 0 aliphatic carbocycles. The maximum Gasteiger partial charge on any atom is 0.136 e. The first kappa shape index (κ1) is 26.7. The van der Waals surface area contributed by atoms with E-state index in [4.69, 9.17) is 18.3 Å². The van der Waals surface area contributed by atoms with Crippen LogP contribution in [0.3, 0.4) is 0 Å². The zero-order valence-corrected chi connectivity index (χ0v) is 23.9. The molecule has 4 nitrogen and oxygen atoms in total. The van der Waals surface area contributed by atoms with E-state index in [0.717, 1.165) is 102 Å². The standard InChI is InChI=1S/C36H40O4/c1-3-5-6-7-9-18-38-28-14-15-33-30(22-28)32-24-36-31(23-35(32)39-33)29-20-27-19-25(11-8-10-17-37-16-4-2)12-13-26(27)21-34(29)40-36/h12-15,19-24H,3-11,16-18H2,1-2H3. The van der Waals surface area contributed by atoms with Crippen molar-refractivity contribution in [1.29, 1.82) is 0 Å². The van der Waals surface area contributed by atoms with Crippen LogP contribution < -0.4 is 4.74 Å². The highest BCUT2D eigenvalue weighted by Crippen LogP contribution is 2.39. The molecule has 6 rings (SSSR count). The van der Waals surface area contributed by atoms with Gasteiger partial charge in [-0.3, -0.25) is 0 Å². The minimum Gasteiger partial charge on any atom is -0.494 e. The Hall–Kier alpha value is -3.50. The van der Waals surface area contributed by atoms with Crippen LogP contribution in [0.15, 0.2) is 69.5 Å². The summed E-state index contributed by atoms with van der Waals surface area (Å²) in [5, 5.41) is 6.79. The molecule has 0 aliphatic heterocycles. The van der Waals surface area contributed by atoms with E-state index in [9.17, 15) is 0 Å². The van der Waals surface area contributed by atoms with E-state index in [1.54, 1.807) is 0 Å². The lowest BCUT2D eigenvalue weighted by molar-refractivity contribution is 0.131. The lowest BCUT2D eigenvalue weighted by Gasteiger charge is -2.06. The fraction of sp³-hybridized carbons (Fsp3) is 0.389. The third-order valence-corrected chi connectivity index (χ3v) is 7.93. The summed E-state index contributed by atoms with van der Waals surface area (Å²) in [5.74, 6) is 0.894. The van der Waals surface area contributed by atoms with Gasteiger partial charge in [-0.1, -0.05) is 57.7 Å². The minimum atomic E-state index is 0.751. The lowest BCUT2D eigenvalue weighted by Crippen LogP contribution is -1.96. The highest BCUT2D eigenvalue weighted by molar-refractivity contribution is 6.16. The van der Waals surface area contributed by atoms with Crippen molar-refractivity contribution in [1.82, 2.24) is 0 Å². The quantitative estimate of drug-likeness (QED) is 0.130. The largest absolute Gasteiger partial charge is 0.494 e. The van der Waals surface area contributed by atoms with Crippen LogP contribution in [0.5, 0.6) is 5.75 Å². The molecule has 0 fully saturated rings. The summed E-state index contributed by atoms with van der Waals surface area (Å²) in [6.45, 7) is 6.86. The zero-order valence-electron chi connectivity index (χ0n) is 23.9. The number of furan rings is 2. The molecule has 6 aromatic rings. The summed E-state index contributed by atoms with van der Waals surface area (Å²) in [7, 11) is 0. The van der Waals surface area contributed by atoms with Crippen LogP contribution in [0.2, 0.25) is 0 Å². The molecule has 0 atom stereocenters. The summed E-state index contributed by atoms with van der Waals surface area (Å²) in [6, 6.07) is 21.6. The van der Waals surface area contributed by atoms with Crippen LogP contribution in [0, 0.1) is 0 Å². The van der Waals surface area contributed by atoms with Gasteiger partial charge in [0.2, 0.25) is 0 Å². The van der Waals surface area contributed by atoms with Gasteiger partial charge in [0, 0.05) is 34.8 Å². The fourth-order valence-corrected chi connectivity index (χ4v) is 5.74. The Morgan fingerprint density at radius 2 is 1.25 bits per heavy atom. The second-order valence-electron chi connectivity index (χ2n) is 11.1. The van der Waals surface area contributed by atoms with Gasteiger partial charge in [0.05, 0.1) is 6.61 Å². The van der Waals surface area contributed by atoms with Crippen molar-refractivity contribution in [3.05, 3.63) is 66.2 Å². The van der Waals surface area contributed by atoms with Crippen molar-refractivity contribution in [3.63, 3.8) is 0 Å². The maximum absolute atomic E-state index is 6.38. The topological polar surface area (TPSA) is 44.7 Å². The molecule has 0 saturated heterocycles. The average Bonchev–Trinajstić information content (AvgIpc) is 3.50. The van der Waals surface area contributed by atoms with Gasteiger partial charge >= 0.3 is 0 Å². The van der Waals surface area contributed by atoms with E-state index in [0.29, 0.717) is 0 Å². The van der Waals surface area contributed by atoms with Gasteiger partial charge < -0.3 is 18.3 Å². The molecular weight excluding hydrogens is 496 g/mol. The maximum atomic E-state index is 6.38. The average molecular weight is 537 g/mol. The number of unbranched alkanes of at least 4 members (excludes halogenated alkanes) is 5. The number of ether oxygens (including phenoxy) is 2. The predicted octanol–water partition coefficient (Wildman–Crippen LogP) is 10.7. The molecule has 208 valence electrons. The molecule has 40 heavy (non-hydrogen) atoms. The molecule has 4 aromatic carbocycles. The van der Waals surface area contributed by atoms with Crippen molar-refractivity contribution < 1.29 is 18.3 Å². The van der Waals surface area contributed by atoms with E-state index in [-0.39, 0.29) is 0 Å². The molecule has 0 amide bonds. The van der Waals surface area contributed by atoms with Crippen molar-refractivity contribution in [3.8, 4) is 5.75 Å². The Labute approximate surface area is 236 Å². The molecule has 0 spiro atoms. The molecular formula is C36H40O4. The molecule has 0 unspecified atom stereocenters. The van der Waals surface area contributed by atoms with Crippen molar-refractivity contribution in [2.45, 2.75) is 71.6 Å². The fourth-order valence-electron chi connectivity index (χ4n) is 5.74. The summed E-state index contributed by atoms with van der Waals surface area (Å²) < 4.78 is 24.4. The van der Waals surface area contributed by atoms with Gasteiger partial charge in [-0.15, -0.1) is 0 Å². The molecule has 4 heteroatoms. The van der Waals surface area contributed by atoms with Gasteiger partial charge in [0.1, 0.15) is 28.1 Å². The second kappa shape index (κ2) is 12.3. The van der Waals surface area contributed by atoms with Gasteiger partial charge in [0.25, 0.3) is 0 Å². The number of aryl methyl sites for hydroxylation is 1. The minimum absolute atomic E-state index is 0.751. The number of rotatable bonds is 14. The molecule has 2 heterocycles. The van der Waals surface area contributed by atoms with Gasteiger partial charge in [-0.25, -0.2) is 0 Å². The Bertz CT molecular complexity index is 1730. The van der Waals surface area contributed by atoms with Crippen LogP contribution in [0.1, 0.15) is 70.8 Å². The smallest absolute Gasteiger partial charge is 0.136 e. The van der Waals surface area contributed by atoms with Crippen LogP contribution in [-0.2, 0) is 11.2 Å². The van der Waals surface area contributed by atoms with Gasteiger partial charge in [0.15, 0.2) is 0 Å². The Kier molecular flexibility index (Phi) is 8.24. The van der Waals surface area contributed by atoms with Crippen molar-refractivity contribution >= 4 is 54.6 Å². The number of benzene rings is 4. The van der Waals surface area contributed by atoms with Crippen molar-refractivity contribution in [2.24, 2.45) is 0 Å². The van der Waals surface area contributed by atoms with E-state index in [1.165, 1.54) is 42.0 Å². The normalized spacial score (nSPS) is 12.1. The summed E-state index contributed by atoms with van der Waals surface area (Å²) >= 11 is 0. The van der Waals surface area contributed by atoms with E-state index >= 15 is 0 Å². The van der Waals surface area contributed by atoms with Gasteiger partial charge in [-0.2, -0.15) is 0 Å². The summed E-state index contributed by atoms with van der Waals surface area (Å²) in [4.78, 5) is 0. The zero-order chi connectivity index (χ0) is 27.3. The highest BCUT2D eigenvalue weighted by Gasteiger charge is 2.15. The second-order valence-corrected chi connectivity index (χ2v) is 11.1. The summed E-state index contributed by atoms with van der Waals surface area (Å²) in [6.07, 6.45) is 10.5. The Morgan fingerprint density at radius 3 is 2.08 bits per heavy atom. The third kappa shape index (κ3) is 5.69. The van der Waals surface area contributed by atoms with Crippen LogP contribution in [-0.4, -0.2) is 19.8 Å². The number of hydrogen-bond acceptors (Lipinski definition) is 4. The predicted molar refractivity (Wildman–Crippen MR) is 167 cm³/mol. The highest BCUT2D eigenvalue weighted by atomic mass is 16.5. The van der Waals surface area contributed by atoms with Crippen LogP contribution >= 0.6 is 0 Å². The van der Waals surface area contributed by atoms with E-state index in [2.05, 4.69) is 62.4 Å². The number of fused-ring (bicyclic) bond motifs is 7. The van der Waals surface area contributed by atoms with Crippen LogP contribution in [0.25, 0.3) is 54.6 Å². The molecule has 0 bridgehead atoms. The van der Waals surface area contributed by atoms with Gasteiger partial charge in [-0.05, 0) is 90.9 Å². The molecule has 0 aliphatic rings. The molecule has 0 saturated carbocycles. The Morgan fingerprint density at radius 1 is 0.525 bits per heavy atom. The number of hydrogen-bond donors (Lipinski definition) is 0. The lowest BCUT2D eigenvalue weighted by atomic mass is 10.0. The summed E-state index contributed by atoms with van der Waals surface area (Å²) in [5.41, 5.74) is 4.91. The third-order valence-electron chi connectivity index (χ3n) is 7.93. The first-order valence-corrected chi connectivity index (χ1v) is 15.2.